The van der Waals surface area contributed by atoms with Gasteiger partial charge < -0.3 is 14.9 Å². The lowest BCUT2D eigenvalue weighted by molar-refractivity contribution is -0.138. The Morgan fingerprint density at radius 2 is 1.97 bits per heavy atom. The monoisotopic (exact) mass is 511 g/mol. The molecule has 36 heavy (non-hydrogen) atoms. The van der Waals surface area contributed by atoms with Gasteiger partial charge in [0.05, 0.1) is 24.4 Å². The molecule has 0 unspecified atom stereocenters. The third kappa shape index (κ3) is 7.75. The average molecular weight is 512 g/mol. The number of aryl methyl sites for hydroxylation is 2. The van der Waals surface area contributed by atoms with Gasteiger partial charge in [-0.1, -0.05) is 18.2 Å². The molecule has 0 radical (unpaired) electrons. The van der Waals surface area contributed by atoms with Crippen molar-refractivity contribution in [2.45, 2.75) is 70.4 Å². The lowest BCUT2D eigenvalue weighted by Gasteiger charge is -2.28. The van der Waals surface area contributed by atoms with Gasteiger partial charge in [0.1, 0.15) is 5.82 Å². The SMILES string of the molecule is Cc1ccc(C[C@@H]2CCCN2C[C@@H](O)CO[C@H](C)c2cc(C(F)(F)F)ccc2CCC(=O)O)cc1F. The Balaban J connectivity index is 1.60. The number of aliphatic carboxylic acids is 1. The summed E-state index contributed by atoms with van der Waals surface area (Å²) in [5, 5.41) is 19.6. The Morgan fingerprint density at radius 3 is 2.64 bits per heavy atom. The van der Waals surface area contributed by atoms with Crippen molar-refractivity contribution in [1.29, 1.82) is 0 Å². The van der Waals surface area contributed by atoms with Gasteiger partial charge in [0.15, 0.2) is 0 Å². The van der Waals surface area contributed by atoms with Gasteiger partial charge in [-0.15, -0.1) is 0 Å². The second-order valence-electron chi connectivity index (χ2n) is 9.51. The number of carbonyl (C=O) groups is 1. The van der Waals surface area contributed by atoms with Crippen molar-refractivity contribution in [1.82, 2.24) is 4.90 Å². The van der Waals surface area contributed by atoms with Gasteiger partial charge in [-0.05, 0) is 86.5 Å². The molecule has 9 heteroatoms. The summed E-state index contributed by atoms with van der Waals surface area (Å²) in [5.74, 6) is -1.28. The maximum absolute atomic E-state index is 13.9. The molecule has 198 valence electrons. The predicted octanol–water partition coefficient (Wildman–Crippen LogP) is 5.32. The maximum atomic E-state index is 13.9. The molecule has 2 aromatic carbocycles. The van der Waals surface area contributed by atoms with Crippen LogP contribution in [0.4, 0.5) is 17.6 Å². The highest BCUT2D eigenvalue weighted by atomic mass is 19.4. The van der Waals surface area contributed by atoms with Crippen molar-refractivity contribution in [3.63, 3.8) is 0 Å². The lowest BCUT2D eigenvalue weighted by Crippen LogP contribution is -2.39. The molecular weight excluding hydrogens is 478 g/mol. The molecule has 1 saturated heterocycles. The number of rotatable bonds is 11. The fourth-order valence-corrected chi connectivity index (χ4v) is 4.69. The van der Waals surface area contributed by atoms with E-state index in [4.69, 9.17) is 9.84 Å². The van der Waals surface area contributed by atoms with Gasteiger partial charge in [-0.25, -0.2) is 4.39 Å². The second kappa shape index (κ2) is 12.2. The number of carboxylic acids is 1. The second-order valence-corrected chi connectivity index (χ2v) is 9.51. The molecule has 0 spiro atoms. The molecule has 0 amide bonds. The van der Waals surface area contributed by atoms with Gasteiger partial charge in [-0.2, -0.15) is 13.2 Å². The van der Waals surface area contributed by atoms with Crippen molar-refractivity contribution < 1.29 is 37.3 Å². The fraction of sp³-hybridized carbons (Fsp3) is 0.519. The molecule has 3 rings (SSSR count). The quantitative estimate of drug-likeness (QED) is 0.400. The molecule has 0 aliphatic carbocycles. The van der Waals surface area contributed by atoms with E-state index in [2.05, 4.69) is 4.90 Å². The van der Waals surface area contributed by atoms with Crippen molar-refractivity contribution in [3.05, 3.63) is 70.0 Å². The molecule has 5 nitrogen and oxygen atoms in total. The minimum absolute atomic E-state index is 0.0775. The summed E-state index contributed by atoms with van der Waals surface area (Å²) < 4.78 is 59.4. The lowest BCUT2D eigenvalue weighted by atomic mass is 9.96. The van der Waals surface area contributed by atoms with Crippen LogP contribution in [-0.4, -0.2) is 52.9 Å². The van der Waals surface area contributed by atoms with Crippen molar-refractivity contribution in [3.8, 4) is 0 Å². The van der Waals surface area contributed by atoms with Crippen LogP contribution in [0, 0.1) is 12.7 Å². The minimum atomic E-state index is -4.54. The summed E-state index contributed by atoms with van der Waals surface area (Å²) in [5.41, 5.74) is 1.39. The number of aliphatic hydroxyl groups is 1. The number of hydrogen-bond acceptors (Lipinski definition) is 4. The number of ether oxygens (including phenoxy) is 1. The molecule has 3 atom stereocenters. The molecule has 1 fully saturated rings. The van der Waals surface area contributed by atoms with E-state index in [0.717, 1.165) is 37.1 Å². The summed E-state index contributed by atoms with van der Waals surface area (Å²) in [7, 11) is 0. The van der Waals surface area contributed by atoms with Gasteiger partial charge >= 0.3 is 12.1 Å². The van der Waals surface area contributed by atoms with E-state index in [1.165, 1.54) is 6.07 Å². The van der Waals surface area contributed by atoms with Gasteiger partial charge in [0, 0.05) is 19.0 Å². The van der Waals surface area contributed by atoms with E-state index in [1.807, 2.05) is 6.07 Å². The number of alkyl halides is 3. The van der Waals surface area contributed by atoms with Crippen LogP contribution in [0.5, 0.6) is 0 Å². The first-order valence-electron chi connectivity index (χ1n) is 12.1. The first kappa shape index (κ1) is 28.1. The Morgan fingerprint density at radius 1 is 1.22 bits per heavy atom. The number of halogens is 4. The van der Waals surface area contributed by atoms with Crippen molar-refractivity contribution in [2.24, 2.45) is 0 Å². The topological polar surface area (TPSA) is 70.0 Å². The summed E-state index contributed by atoms with van der Waals surface area (Å²) in [4.78, 5) is 13.1. The van der Waals surface area contributed by atoms with Crippen LogP contribution in [0.15, 0.2) is 36.4 Å². The number of hydrogen-bond donors (Lipinski definition) is 2. The van der Waals surface area contributed by atoms with Crippen LogP contribution in [0.2, 0.25) is 0 Å². The number of β-amino-alcohol motifs (C(OH)–C–C–N with tert-alkyl or cyclic N) is 1. The van der Waals surface area contributed by atoms with E-state index in [0.29, 0.717) is 24.1 Å². The smallest absolute Gasteiger partial charge is 0.416 e. The fourth-order valence-electron chi connectivity index (χ4n) is 4.69. The van der Waals surface area contributed by atoms with E-state index in [9.17, 15) is 27.5 Å². The van der Waals surface area contributed by atoms with Crippen molar-refractivity contribution in [2.75, 3.05) is 19.7 Å². The Hall–Kier alpha value is -2.49. The Bertz CT molecular complexity index is 1040. The molecular formula is C27H33F4NO4. The summed E-state index contributed by atoms with van der Waals surface area (Å²) in [6, 6.07) is 8.59. The maximum Gasteiger partial charge on any atom is 0.416 e. The van der Waals surface area contributed by atoms with Crippen LogP contribution in [0.25, 0.3) is 0 Å². The number of benzene rings is 2. The Kier molecular flexibility index (Phi) is 9.49. The molecule has 0 saturated carbocycles. The number of aliphatic hydroxyl groups excluding tert-OH is 1. The zero-order valence-corrected chi connectivity index (χ0v) is 20.5. The zero-order valence-electron chi connectivity index (χ0n) is 20.5. The van der Waals surface area contributed by atoms with E-state index < -0.39 is 29.9 Å². The zero-order chi connectivity index (χ0) is 26.5. The van der Waals surface area contributed by atoms with Gasteiger partial charge in [-0.3, -0.25) is 9.69 Å². The minimum Gasteiger partial charge on any atom is -0.481 e. The molecule has 1 aliphatic heterocycles. The Labute approximate surface area is 208 Å². The van der Waals surface area contributed by atoms with Gasteiger partial charge in [0.2, 0.25) is 0 Å². The largest absolute Gasteiger partial charge is 0.481 e. The van der Waals surface area contributed by atoms with Crippen LogP contribution < -0.4 is 0 Å². The number of carboxylic acid groups (broad SMARTS) is 1. The molecule has 2 aromatic rings. The first-order valence-corrected chi connectivity index (χ1v) is 12.1. The van der Waals surface area contributed by atoms with Crippen LogP contribution in [0.3, 0.4) is 0 Å². The molecule has 1 aliphatic rings. The predicted molar refractivity (Wildman–Crippen MR) is 127 cm³/mol. The first-order chi connectivity index (χ1) is 16.9. The third-order valence-electron chi connectivity index (χ3n) is 6.71. The summed E-state index contributed by atoms with van der Waals surface area (Å²) in [6.45, 7) is 4.35. The highest BCUT2D eigenvalue weighted by molar-refractivity contribution is 5.67. The third-order valence-corrected chi connectivity index (χ3v) is 6.71. The normalized spacial score (nSPS) is 18.4. The highest BCUT2D eigenvalue weighted by Crippen LogP contribution is 2.33. The molecule has 1 heterocycles. The standard InChI is InChI=1S/C27H33F4NO4/c1-17-5-6-19(13-25(17)28)12-22-4-3-11-32(22)15-23(33)16-36-18(2)24-14-21(27(29,30)31)9-7-20(24)8-10-26(34)35/h5-7,9,13-14,18,22-23,33H,3-4,8,10-12,15-16H2,1-2H3,(H,34,35)/t18-,22+,23-/m1/s1. The van der Waals surface area contributed by atoms with Crippen molar-refractivity contribution >= 4 is 5.97 Å². The van der Waals surface area contributed by atoms with Crippen LogP contribution >= 0.6 is 0 Å². The average Bonchev–Trinajstić information content (AvgIpc) is 3.24. The number of nitrogens with zero attached hydrogens (tertiary/aromatic N) is 1. The van der Waals surface area contributed by atoms with Crippen LogP contribution in [0.1, 0.15) is 60.1 Å². The summed E-state index contributed by atoms with van der Waals surface area (Å²) in [6.07, 6.45) is -3.76. The van der Waals surface area contributed by atoms with Gasteiger partial charge in [0.25, 0.3) is 0 Å². The van der Waals surface area contributed by atoms with E-state index >= 15 is 0 Å². The molecule has 0 aromatic heterocycles. The molecule has 2 N–H and O–H groups in total. The number of likely N-dealkylation sites (tertiary alicyclic amines) is 1. The highest BCUT2D eigenvalue weighted by Gasteiger charge is 2.32. The van der Waals surface area contributed by atoms with E-state index in [1.54, 1.807) is 26.0 Å². The molecule has 0 bridgehead atoms. The summed E-state index contributed by atoms with van der Waals surface area (Å²) >= 11 is 0. The van der Waals surface area contributed by atoms with Crippen LogP contribution in [-0.2, 0) is 28.5 Å². The van der Waals surface area contributed by atoms with E-state index in [-0.39, 0.29) is 36.9 Å².